The zero-order chi connectivity index (χ0) is 9.84. The number of carbonyl (C=O) groups is 1. The fourth-order valence-electron chi connectivity index (χ4n) is 0.599. The lowest BCUT2D eigenvalue weighted by Crippen LogP contribution is -2.14. The van der Waals surface area contributed by atoms with Gasteiger partial charge in [-0.15, -0.1) is 0 Å². The van der Waals surface area contributed by atoms with Crippen molar-refractivity contribution in [2.45, 2.75) is 6.92 Å². The van der Waals surface area contributed by atoms with E-state index in [2.05, 4.69) is 16.5 Å². The van der Waals surface area contributed by atoms with E-state index in [9.17, 15) is 9.59 Å². The first-order chi connectivity index (χ1) is 6.09. The van der Waals surface area contributed by atoms with E-state index in [0.29, 0.717) is 0 Å². The summed E-state index contributed by atoms with van der Waals surface area (Å²) in [5, 5.41) is 0. The van der Waals surface area contributed by atoms with Gasteiger partial charge in [-0.3, -0.25) is 4.98 Å². The smallest absolute Gasteiger partial charge is 0.347 e. The number of rotatable bonds is 2. The van der Waals surface area contributed by atoms with Crippen molar-refractivity contribution in [3.05, 3.63) is 34.9 Å². The molecule has 0 aromatic carbocycles. The van der Waals surface area contributed by atoms with E-state index in [4.69, 9.17) is 4.74 Å². The van der Waals surface area contributed by atoms with Crippen molar-refractivity contribution in [2.75, 3.05) is 0 Å². The quantitative estimate of drug-likeness (QED) is 0.523. The predicted molar refractivity (Wildman–Crippen MR) is 45.3 cm³/mol. The van der Waals surface area contributed by atoms with Crippen LogP contribution in [0.25, 0.3) is 0 Å². The zero-order valence-electron chi connectivity index (χ0n) is 7.03. The Morgan fingerprint density at radius 2 is 2.38 bits per heavy atom. The summed E-state index contributed by atoms with van der Waals surface area (Å²) in [6.07, 6.45) is 1.25. The number of nitrogens with zero attached hydrogens (tertiary/aromatic N) is 1. The fourth-order valence-corrected chi connectivity index (χ4v) is 0.599. The third kappa shape index (κ3) is 2.55. The minimum absolute atomic E-state index is 0.0630. The molecule has 0 amide bonds. The summed E-state index contributed by atoms with van der Waals surface area (Å²) in [6, 6.07) is 1.38. The van der Waals surface area contributed by atoms with E-state index in [1.54, 1.807) is 0 Å². The van der Waals surface area contributed by atoms with Crippen molar-refractivity contribution in [2.24, 2.45) is 0 Å². The second-order valence-corrected chi connectivity index (χ2v) is 2.41. The Hall–Kier alpha value is -1.91. The fraction of sp³-hybridized carbons (Fsp3) is 0.125. The molecule has 1 aromatic rings. The molecule has 0 radical (unpaired) electrons. The van der Waals surface area contributed by atoms with Crippen LogP contribution in [0.1, 0.15) is 6.92 Å². The summed E-state index contributed by atoms with van der Waals surface area (Å²) >= 11 is 0. The van der Waals surface area contributed by atoms with Gasteiger partial charge in [0.25, 0.3) is 0 Å². The lowest BCUT2D eigenvalue weighted by Gasteiger charge is -2.00. The molecule has 0 bridgehead atoms. The number of esters is 1. The van der Waals surface area contributed by atoms with Gasteiger partial charge < -0.3 is 4.74 Å². The lowest BCUT2D eigenvalue weighted by atomic mass is 10.4. The predicted octanol–water partition coefficient (Wildman–Crippen LogP) is 0.251. The number of hydrogen-bond donors (Lipinski definition) is 1. The molecule has 0 spiro atoms. The van der Waals surface area contributed by atoms with Gasteiger partial charge in [-0.2, -0.15) is 0 Å². The molecule has 0 unspecified atom stereocenters. The topological polar surface area (TPSA) is 72.0 Å². The highest BCUT2D eigenvalue weighted by molar-refractivity contribution is 5.88. The Balaban J connectivity index is 2.81. The molecule has 0 atom stereocenters. The Kier molecular flexibility index (Phi) is 2.59. The van der Waals surface area contributed by atoms with Gasteiger partial charge in [0.1, 0.15) is 0 Å². The van der Waals surface area contributed by atoms with Crippen LogP contribution in [0, 0.1) is 0 Å². The number of aromatic nitrogens is 2. The van der Waals surface area contributed by atoms with Crippen LogP contribution < -0.4 is 10.4 Å². The van der Waals surface area contributed by atoms with Crippen LogP contribution in [0.15, 0.2) is 29.2 Å². The average Bonchev–Trinajstić information content (AvgIpc) is 2.04. The average molecular weight is 180 g/mol. The first kappa shape index (κ1) is 9.18. The summed E-state index contributed by atoms with van der Waals surface area (Å²) in [5.74, 6) is -0.519. The Labute approximate surface area is 74.1 Å². The number of H-pyrrole nitrogens is 1. The minimum Gasteiger partial charge on any atom is -0.406 e. The third-order valence-electron chi connectivity index (χ3n) is 1.20. The van der Waals surface area contributed by atoms with E-state index in [0.717, 1.165) is 0 Å². The highest BCUT2D eigenvalue weighted by Gasteiger charge is 2.04. The lowest BCUT2D eigenvalue weighted by molar-refractivity contribution is -0.130. The summed E-state index contributed by atoms with van der Waals surface area (Å²) in [6.45, 7) is 4.91. The first-order valence-corrected chi connectivity index (χ1v) is 3.52. The number of nitrogens with one attached hydrogen (secondary N) is 1. The molecule has 0 saturated heterocycles. The van der Waals surface area contributed by atoms with E-state index in [1.165, 1.54) is 19.2 Å². The largest absolute Gasteiger partial charge is 0.406 e. The maximum atomic E-state index is 11.0. The Morgan fingerprint density at radius 3 is 2.92 bits per heavy atom. The van der Waals surface area contributed by atoms with E-state index in [-0.39, 0.29) is 11.5 Å². The van der Waals surface area contributed by atoms with Crippen LogP contribution in [0.5, 0.6) is 5.88 Å². The second kappa shape index (κ2) is 3.66. The van der Waals surface area contributed by atoms with Crippen LogP contribution in [-0.2, 0) is 4.79 Å². The molecule has 1 N–H and O–H groups in total. The van der Waals surface area contributed by atoms with Crippen LogP contribution in [0.2, 0.25) is 0 Å². The minimum atomic E-state index is -0.582. The van der Waals surface area contributed by atoms with Crippen LogP contribution in [0.4, 0.5) is 0 Å². The molecule has 0 aliphatic heterocycles. The van der Waals surface area contributed by atoms with Gasteiger partial charge in [0.2, 0.25) is 5.88 Å². The molecule has 0 saturated carbocycles. The normalized spacial score (nSPS) is 9.31. The molecule has 13 heavy (non-hydrogen) atoms. The third-order valence-corrected chi connectivity index (χ3v) is 1.20. The Morgan fingerprint density at radius 1 is 1.69 bits per heavy atom. The summed E-state index contributed by atoms with van der Waals surface area (Å²) in [7, 11) is 0. The Bertz CT molecular complexity index is 394. The highest BCUT2D eigenvalue weighted by atomic mass is 16.5. The molecule has 5 nitrogen and oxygen atoms in total. The number of ether oxygens (including phenoxy) is 1. The molecule has 5 heteroatoms. The molecular formula is C8H8N2O3. The van der Waals surface area contributed by atoms with Crippen LogP contribution in [-0.4, -0.2) is 15.9 Å². The molecule has 1 rings (SSSR count). The van der Waals surface area contributed by atoms with Crippen LogP contribution >= 0.6 is 0 Å². The molecule has 1 heterocycles. The van der Waals surface area contributed by atoms with Gasteiger partial charge in [-0.25, -0.2) is 14.6 Å². The molecule has 0 aliphatic carbocycles. The SMILES string of the molecule is C=C(C)C(=O)Oc1ccnc(=O)[nH]1. The van der Waals surface area contributed by atoms with Crippen molar-refractivity contribution in [3.63, 3.8) is 0 Å². The van der Waals surface area contributed by atoms with E-state index >= 15 is 0 Å². The van der Waals surface area contributed by atoms with Gasteiger partial charge in [0.15, 0.2) is 0 Å². The zero-order valence-corrected chi connectivity index (χ0v) is 7.03. The molecule has 68 valence electrons. The number of aromatic amines is 1. The number of hydrogen-bond acceptors (Lipinski definition) is 4. The van der Waals surface area contributed by atoms with E-state index in [1.807, 2.05) is 0 Å². The van der Waals surface area contributed by atoms with Crippen LogP contribution in [0.3, 0.4) is 0 Å². The van der Waals surface area contributed by atoms with E-state index < -0.39 is 11.7 Å². The van der Waals surface area contributed by atoms with Gasteiger partial charge in [0.05, 0.1) is 0 Å². The second-order valence-electron chi connectivity index (χ2n) is 2.41. The van der Waals surface area contributed by atoms with Gasteiger partial charge in [-0.05, 0) is 6.92 Å². The van der Waals surface area contributed by atoms with Crippen molar-refractivity contribution in [1.29, 1.82) is 0 Å². The maximum absolute atomic E-state index is 11.0. The molecule has 0 aliphatic rings. The van der Waals surface area contributed by atoms with Crippen molar-refractivity contribution in [3.8, 4) is 5.88 Å². The van der Waals surface area contributed by atoms with Crippen molar-refractivity contribution < 1.29 is 9.53 Å². The summed E-state index contributed by atoms with van der Waals surface area (Å²) < 4.78 is 4.72. The number of carbonyl (C=O) groups excluding carboxylic acids is 1. The van der Waals surface area contributed by atoms with Gasteiger partial charge in [-0.1, -0.05) is 6.58 Å². The standard InChI is InChI=1S/C8H8N2O3/c1-5(2)7(11)13-6-3-4-9-8(12)10-6/h3-4H,1H2,2H3,(H,9,10,12). The summed E-state index contributed by atoms with van der Waals surface area (Å²) in [5.41, 5.74) is -0.301. The summed E-state index contributed by atoms with van der Waals surface area (Å²) in [4.78, 5) is 27.2. The molecule has 0 fully saturated rings. The monoisotopic (exact) mass is 180 g/mol. The highest BCUT2D eigenvalue weighted by Crippen LogP contribution is 2.02. The van der Waals surface area contributed by atoms with Crippen molar-refractivity contribution >= 4 is 5.97 Å². The van der Waals surface area contributed by atoms with Gasteiger partial charge in [0, 0.05) is 17.8 Å². The van der Waals surface area contributed by atoms with Crippen molar-refractivity contribution in [1.82, 2.24) is 9.97 Å². The van der Waals surface area contributed by atoms with Gasteiger partial charge >= 0.3 is 11.7 Å². The first-order valence-electron chi connectivity index (χ1n) is 3.52. The maximum Gasteiger partial charge on any atom is 0.347 e. The molecular weight excluding hydrogens is 172 g/mol. The molecule has 1 aromatic heterocycles.